The molecule has 0 amide bonds. The van der Waals surface area contributed by atoms with E-state index in [9.17, 15) is 4.79 Å². The van der Waals surface area contributed by atoms with E-state index in [1.807, 2.05) is 34.9 Å². The zero-order valence-corrected chi connectivity index (χ0v) is 24.4. The standard InChI is InChI=1S/C26H53NO11/c1-26(2,3)38-25(28)24-37-23-22-36-21-20-35-19-18-34-17-16-33-15-14-32-13-12-31-11-10-30-9-8-29-7-6-27(4)5/h6-24H2,1-5H3. The highest BCUT2D eigenvalue weighted by atomic mass is 16.6. The number of hydrogen-bond acceptors (Lipinski definition) is 12. The average Bonchev–Trinajstić information content (AvgIpc) is 2.84. The lowest BCUT2D eigenvalue weighted by Gasteiger charge is -2.19. The topological polar surface area (TPSA) is 113 Å². The molecular formula is C26H53NO11. The summed E-state index contributed by atoms with van der Waals surface area (Å²) in [4.78, 5) is 13.5. The van der Waals surface area contributed by atoms with Gasteiger partial charge in [0.1, 0.15) is 12.2 Å². The fourth-order valence-corrected chi connectivity index (χ4v) is 2.53. The van der Waals surface area contributed by atoms with Crippen molar-refractivity contribution >= 4 is 5.97 Å². The van der Waals surface area contributed by atoms with E-state index >= 15 is 0 Å². The molecule has 0 fully saturated rings. The maximum atomic E-state index is 11.5. The number of carbonyl (C=O) groups is 1. The number of ether oxygens (including phenoxy) is 10. The van der Waals surface area contributed by atoms with Crippen molar-refractivity contribution in [1.82, 2.24) is 4.90 Å². The molecular weight excluding hydrogens is 502 g/mol. The van der Waals surface area contributed by atoms with Crippen molar-refractivity contribution in [2.45, 2.75) is 26.4 Å². The maximum absolute atomic E-state index is 11.5. The molecule has 0 aromatic rings. The molecule has 0 atom stereocenters. The number of carbonyl (C=O) groups excluding carboxylic acids is 1. The van der Waals surface area contributed by atoms with Gasteiger partial charge in [-0.15, -0.1) is 0 Å². The van der Waals surface area contributed by atoms with Crippen molar-refractivity contribution in [3.8, 4) is 0 Å². The minimum absolute atomic E-state index is 0.0777. The van der Waals surface area contributed by atoms with Crippen molar-refractivity contribution in [3.63, 3.8) is 0 Å². The van der Waals surface area contributed by atoms with E-state index in [4.69, 9.17) is 47.4 Å². The van der Waals surface area contributed by atoms with E-state index in [-0.39, 0.29) is 12.6 Å². The Labute approximate surface area is 229 Å². The van der Waals surface area contributed by atoms with Gasteiger partial charge in [0, 0.05) is 6.54 Å². The molecule has 0 N–H and O–H groups in total. The summed E-state index contributed by atoms with van der Waals surface area (Å²) in [7, 11) is 4.03. The van der Waals surface area contributed by atoms with Crippen LogP contribution in [-0.2, 0) is 52.2 Å². The van der Waals surface area contributed by atoms with Crippen LogP contribution in [0.5, 0.6) is 0 Å². The first kappa shape index (κ1) is 37.1. The summed E-state index contributed by atoms with van der Waals surface area (Å²) < 4.78 is 53.8. The van der Waals surface area contributed by atoms with Crippen molar-refractivity contribution in [3.05, 3.63) is 0 Å². The van der Waals surface area contributed by atoms with Crippen LogP contribution in [0.3, 0.4) is 0 Å². The molecule has 0 spiro atoms. The predicted molar refractivity (Wildman–Crippen MR) is 142 cm³/mol. The molecule has 0 saturated heterocycles. The molecule has 228 valence electrons. The molecule has 0 unspecified atom stereocenters. The lowest BCUT2D eigenvalue weighted by Crippen LogP contribution is -2.27. The normalized spacial score (nSPS) is 11.9. The van der Waals surface area contributed by atoms with Crippen LogP contribution < -0.4 is 0 Å². The number of likely N-dealkylation sites (N-methyl/N-ethyl adjacent to an activating group) is 1. The zero-order chi connectivity index (χ0) is 28.2. The third-order valence-corrected chi connectivity index (χ3v) is 4.30. The van der Waals surface area contributed by atoms with Gasteiger partial charge >= 0.3 is 5.97 Å². The smallest absolute Gasteiger partial charge is 0.332 e. The van der Waals surface area contributed by atoms with Crippen LogP contribution in [0.15, 0.2) is 0 Å². The van der Waals surface area contributed by atoms with Gasteiger partial charge in [0.15, 0.2) is 0 Å². The Bertz CT molecular complexity index is 504. The monoisotopic (exact) mass is 555 g/mol. The maximum Gasteiger partial charge on any atom is 0.332 e. The average molecular weight is 556 g/mol. The van der Waals surface area contributed by atoms with Gasteiger partial charge in [0.2, 0.25) is 0 Å². The van der Waals surface area contributed by atoms with E-state index < -0.39 is 5.60 Å². The molecule has 12 nitrogen and oxygen atoms in total. The van der Waals surface area contributed by atoms with Crippen LogP contribution in [0.25, 0.3) is 0 Å². The summed E-state index contributed by atoms with van der Waals surface area (Å²) in [6.45, 7) is 14.9. The Kier molecular flexibility index (Phi) is 27.0. The molecule has 0 rings (SSSR count). The molecule has 0 aliphatic rings. The summed E-state index contributed by atoms with van der Waals surface area (Å²) >= 11 is 0. The molecule has 0 radical (unpaired) electrons. The third kappa shape index (κ3) is 33.1. The minimum Gasteiger partial charge on any atom is -0.458 e. The summed E-state index contributed by atoms with van der Waals surface area (Å²) in [5.74, 6) is -0.383. The van der Waals surface area contributed by atoms with Gasteiger partial charge in [0.25, 0.3) is 0 Å². The third-order valence-electron chi connectivity index (χ3n) is 4.30. The number of esters is 1. The first-order valence-corrected chi connectivity index (χ1v) is 13.4. The van der Waals surface area contributed by atoms with Crippen LogP contribution in [0.1, 0.15) is 20.8 Å². The first-order valence-electron chi connectivity index (χ1n) is 13.4. The first-order chi connectivity index (χ1) is 18.3. The van der Waals surface area contributed by atoms with Crippen LogP contribution in [-0.4, -0.2) is 156 Å². The largest absolute Gasteiger partial charge is 0.458 e. The van der Waals surface area contributed by atoms with E-state index in [1.54, 1.807) is 0 Å². The summed E-state index contributed by atoms with van der Waals surface area (Å²) in [6.07, 6.45) is 0. The summed E-state index contributed by atoms with van der Waals surface area (Å²) in [5.41, 5.74) is -0.505. The molecule has 0 bridgehead atoms. The summed E-state index contributed by atoms with van der Waals surface area (Å²) in [5, 5.41) is 0. The van der Waals surface area contributed by atoms with Crippen molar-refractivity contribution in [2.24, 2.45) is 0 Å². The number of rotatable bonds is 29. The second-order valence-corrected chi connectivity index (χ2v) is 9.34. The molecule has 0 saturated carbocycles. The lowest BCUT2D eigenvalue weighted by molar-refractivity contribution is -0.160. The van der Waals surface area contributed by atoms with Gasteiger partial charge in [-0.1, -0.05) is 0 Å². The molecule has 0 aromatic carbocycles. The fraction of sp³-hybridized carbons (Fsp3) is 0.962. The number of nitrogens with zero attached hydrogens (tertiary/aromatic N) is 1. The highest BCUT2D eigenvalue weighted by Gasteiger charge is 2.15. The molecule has 0 heterocycles. The van der Waals surface area contributed by atoms with Crippen molar-refractivity contribution < 1.29 is 52.2 Å². The van der Waals surface area contributed by atoms with E-state index in [1.165, 1.54) is 0 Å². The van der Waals surface area contributed by atoms with Crippen LogP contribution in [0.4, 0.5) is 0 Å². The Hall–Kier alpha value is -0.930. The van der Waals surface area contributed by atoms with Gasteiger partial charge < -0.3 is 52.3 Å². The zero-order valence-electron chi connectivity index (χ0n) is 24.4. The van der Waals surface area contributed by atoms with Gasteiger partial charge in [-0.2, -0.15) is 0 Å². The molecule has 0 aromatic heterocycles. The van der Waals surface area contributed by atoms with Crippen LogP contribution in [0.2, 0.25) is 0 Å². The minimum atomic E-state index is -0.505. The van der Waals surface area contributed by atoms with Crippen LogP contribution in [0, 0.1) is 0 Å². The molecule has 12 heteroatoms. The second kappa shape index (κ2) is 27.6. The second-order valence-electron chi connectivity index (χ2n) is 9.34. The summed E-state index contributed by atoms with van der Waals surface area (Å²) in [6, 6.07) is 0. The quantitative estimate of drug-likeness (QED) is 0.0971. The lowest BCUT2D eigenvalue weighted by atomic mass is 10.2. The molecule has 0 aliphatic carbocycles. The Morgan fingerprint density at radius 1 is 0.474 bits per heavy atom. The van der Waals surface area contributed by atoms with Gasteiger partial charge in [-0.05, 0) is 34.9 Å². The van der Waals surface area contributed by atoms with Gasteiger partial charge in [0.05, 0.1) is 112 Å². The van der Waals surface area contributed by atoms with E-state index in [0.29, 0.717) is 112 Å². The Balaban J connectivity index is 3.10. The van der Waals surface area contributed by atoms with Gasteiger partial charge in [-0.25, -0.2) is 4.79 Å². The fourth-order valence-electron chi connectivity index (χ4n) is 2.53. The Morgan fingerprint density at radius 3 is 1.00 bits per heavy atom. The van der Waals surface area contributed by atoms with Crippen molar-refractivity contribution in [2.75, 3.05) is 140 Å². The highest BCUT2D eigenvalue weighted by molar-refractivity contribution is 5.71. The van der Waals surface area contributed by atoms with E-state index in [0.717, 1.165) is 6.54 Å². The van der Waals surface area contributed by atoms with Crippen LogP contribution >= 0.6 is 0 Å². The van der Waals surface area contributed by atoms with Gasteiger partial charge in [-0.3, -0.25) is 0 Å². The SMILES string of the molecule is CN(C)CCOCCOCCOCCOCCOCCOCCOCCOCCOCC(=O)OC(C)(C)C. The molecule has 0 aliphatic heterocycles. The predicted octanol–water partition coefficient (Wildman–Crippen LogP) is 1.04. The number of hydrogen-bond donors (Lipinski definition) is 0. The van der Waals surface area contributed by atoms with Crippen molar-refractivity contribution in [1.29, 1.82) is 0 Å². The highest BCUT2D eigenvalue weighted by Crippen LogP contribution is 2.06. The van der Waals surface area contributed by atoms with E-state index in [2.05, 4.69) is 4.90 Å². The molecule has 38 heavy (non-hydrogen) atoms. The Morgan fingerprint density at radius 2 is 0.737 bits per heavy atom.